The quantitative estimate of drug-likeness (QED) is 0.736. The predicted octanol–water partition coefficient (Wildman–Crippen LogP) is 2.03. The lowest BCUT2D eigenvalue weighted by Gasteiger charge is -2.13. The molecule has 0 fully saturated rings. The van der Waals surface area contributed by atoms with Crippen LogP contribution in [-0.4, -0.2) is 37.9 Å². The molecule has 0 unspecified atom stereocenters. The fourth-order valence-corrected chi connectivity index (χ4v) is 3.06. The second-order valence-electron chi connectivity index (χ2n) is 6.69. The summed E-state index contributed by atoms with van der Waals surface area (Å²) in [7, 11) is 0. The molecule has 0 bridgehead atoms. The van der Waals surface area contributed by atoms with Crippen molar-refractivity contribution in [1.82, 2.24) is 24.9 Å². The Labute approximate surface area is 157 Å². The third kappa shape index (κ3) is 3.94. The zero-order valence-corrected chi connectivity index (χ0v) is 16.0. The molecule has 2 heterocycles. The van der Waals surface area contributed by atoms with E-state index in [9.17, 15) is 9.59 Å². The second-order valence-corrected chi connectivity index (χ2v) is 6.69. The van der Waals surface area contributed by atoms with Crippen LogP contribution in [0.15, 0.2) is 18.2 Å². The number of rotatable bonds is 4. The van der Waals surface area contributed by atoms with E-state index >= 15 is 0 Å². The molecule has 0 spiro atoms. The Kier molecular flexibility index (Phi) is 4.89. The Morgan fingerprint density at radius 2 is 1.67 bits per heavy atom. The summed E-state index contributed by atoms with van der Waals surface area (Å²) in [6, 6.07) is 5.85. The third-order valence-electron chi connectivity index (χ3n) is 4.17. The number of carbonyl (C=O) groups excluding carboxylic acids is 2. The first-order valence-corrected chi connectivity index (χ1v) is 8.61. The van der Waals surface area contributed by atoms with E-state index in [1.807, 2.05) is 52.8 Å². The molecule has 140 valence electrons. The lowest BCUT2D eigenvalue weighted by Crippen LogP contribution is -2.33. The van der Waals surface area contributed by atoms with Crippen molar-refractivity contribution in [1.29, 1.82) is 0 Å². The number of anilines is 1. The van der Waals surface area contributed by atoms with Gasteiger partial charge in [0.2, 0.25) is 11.7 Å². The molecule has 0 aliphatic rings. The second kappa shape index (κ2) is 7.14. The van der Waals surface area contributed by atoms with Crippen LogP contribution >= 0.6 is 0 Å². The van der Waals surface area contributed by atoms with Crippen LogP contribution in [0.5, 0.6) is 0 Å². The molecule has 8 nitrogen and oxygen atoms in total. The van der Waals surface area contributed by atoms with Gasteiger partial charge >= 0.3 is 0 Å². The first kappa shape index (κ1) is 18.5. The van der Waals surface area contributed by atoms with Crippen LogP contribution in [0.2, 0.25) is 0 Å². The summed E-state index contributed by atoms with van der Waals surface area (Å²) in [5, 5.41) is 9.54. The van der Waals surface area contributed by atoms with E-state index in [-0.39, 0.29) is 18.3 Å². The van der Waals surface area contributed by atoms with Crippen LogP contribution in [0.3, 0.4) is 0 Å². The summed E-state index contributed by atoms with van der Waals surface area (Å²) in [5.41, 5.74) is 5.47. The Morgan fingerprint density at radius 3 is 2.33 bits per heavy atom. The first-order valence-electron chi connectivity index (χ1n) is 8.61. The molecule has 3 aromatic rings. The lowest BCUT2D eigenvalue weighted by molar-refractivity contribution is -0.115. The smallest absolute Gasteiger partial charge is 0.291 e. The summed E-state index contributed by atoms with van der Waals surface area (Å²) in [6.45, 7) is 9.41. The van der Waals surface area contributed by atoms with Gasteiger partial charge in [-0.25, -0.2) is 9.50 Å². The average Bonchev–Trinajstić information content (AvgIpc) is 3.00. The predicted molar refractivity (Wildman–Crippen MR) is 102 cm³/mol. The van der Waals surface area contributed by atoms with Crippen molar-refractivity contribution < 1.29 is 9.59 Å². The molecule has 2 N–H and O–H groups in total. The number of aromatic nitrogens is 4. The van der Waals surface area contributed by atoms with Crippen LogP contribution in [0.1, 0.15) is 38.7 Å². The molecule has 27 heavy (non-hydrogen) atoms. The Balaban J connectivity index is 1.67. The minimum atomic E-state index is -0.523. The standard InChI is InChI=1S/C19H22N6O2/c1-10-6-11(2)16(12(3)7-10)22-15(26)9-20-18(27)17-23-19-21-13(4)8-14(5)25(19)24-17/h6-8H,9H2,1-5H3,(H,20,27)(H,22,26). The number of hydrogen-bond acceptors (Lipinski definition) is 5. The van der Waals surface area contributed by atoms with E-state index in [0.29, 0.717) is 5.78 Å². The average molecular weight is 366 g/mol. The molecule has 3 rings (SSSR count). The fourth-order valence-electron chi connectivity index (χ4n) is 3.06. The number of hydrogen-bond donors (Lipinski definition) is 2. The van der Waals surface area contributed by atoms with E-state index in [1.165, 1.54) is 4.52 Å². The maximum Gasteiger partial charge on any atom is 0.291 e. The number of benzene rings is 1. The minimum absolute atomic E-state index is 0.0216. The normalized spacial score (nSPS) is 10.9. The highest BCUT2D eigenvalue weighted by atomic mass is 16.2. The van der Waals surface area contributed by atoms with Gasteiger partial charge in [0.15, 0.2) is 0 Å². The molecule has 0 saturated carbocycles. The van der Waals surface area contributed by atoms with Gasteiger partial charge in [0.05, 0.1) is 6.54 Å². The number of aryl methyl sites for hydroxylation is 5. The van der Waals surface area contributed by atoms with Gasteiger partial charge in [0.25, 0.3) is 11.7 Å². The molecule has 1 aromatic carbocycles. The summed E-state index contributed by atoms with van der Waals surface area (Å²) in [5.74, 6) is -0.503. The van der Waals surface area contributed by atoms with Gasteiger partial charge in [0, 0.05) is 17.1 Å². The SMILES string of the molecule is Cc1cc(C)c(NC(=O)CNC(=O)c2nc3nc(C)cc(C)n3n2)c(C)c1. The van der Waals surface area contributed by atoms with E-state index in [0.717, 1.165) is 33.8 Å². The van der Waals surface area contributed by atoms with Crippen molar-refractivity contribution in [3.8, 4) is 0 Å². The highest BCUT2D eigenvalue weighted by molar-refractivity contribution is 5.98. The molecule has 2 amide bonds. The zero-order valence-electron chi connectivity index (χ0n) is 16.0. The molecule has 8 heteroatoms. The van der Waals surface area contributed by atoms with Gasteiger partial charge < -0.3 is 10.6 Å². The number of nitrogens with zero attached hydrogens (tertiary/aromatic N) is 4. The zero-order chi connectivity index (χ0) is 19.7. The molecule has 2 aromatic heterocycles. The van der Waals surface area contributed by atoms with Crippen molar-refractivity contribution in [3.05, 3.63) is 52.1 Å². The lowest BCUT2D eigenvalue weighted by atomic mass is 10.1. The van der Waals surface area contributed by atoms with Gasteiger partial charge in [-0.15, -0.1) is 5.10 Å². The van der Waals surface area contributed by atoms with Crippen LogP contribution in [0, 0.1) is 34.6 Å². The largest absolute Gasteiger partial charge is 0.340 e. The summed E-state index contributed by atoms with van der Waals surface area (Å²) in [6.07, 6.45) is 0. The summed E-state index contributed by atoms with van der Waals surface area (Å²) in [4.78, 5) is 32.9. The van der Waals surface area contributed by atoms with E-state index in [1.54, 1.807) is 0 Å². The van der Waals surface area contributed by atoms with Crippen molar-refractivity contribution in [2.75, 3.05) is 11.9 Å². The number of fused-ring (bicyclic) bond motifs is 1. The number of amides is 2. The van der Waals surface area contributed by atoms with Gasteiger partial charge in [-0.3, -0.25) is 9.59 Å². The molecule has 0 atom stereocenters. The Bertz CT molecular complexity index is 1030. The van der Waals surface area contributed by atoms with E-state index < -0.39 is 5.91 Å². The van der Waals surface area contributed by atoms with Crippen molar-refractivity contribution in [2.45, 2.75) is 34.6 Å². The van der Waals surface area contributed by atoms with Crippen LogP contribution < -0.4 is 10.6 Å². The molecular formula is C19H22N6O2. The van der Waals surface area contributed by atoms with Crippen molar-refractivity contribution in [2.24, 2.45) is 0 Å². The first-order chi connectivity index (χ1) is 12.7. The van der Waals surface area contributed by atoms with Crippen molar-refractivity contribution >= 4 is 23.3 Å². The highest BCUT2D eigenvalue weighted by Crippen LogP contribution is 2.21. The topological polar surface area (TPSA) is 101 Å². The van der Waals surface area contributed by atoms with Gasteiger partial charge in [0.1, 0.15) is 0 Å². The molecule has 0 saturated heterocycles. The maximum absolute atomic E-state index is 12.3. The van der Waals surface area contributed by atoms with Crippen LogP contribution in [-0.2, 0) is 4.79 Å². The Morgan fingerprint density at radius 1 is 1.00 bits per heavy atom. The number of nitrogens with one attached hydrogen (secondary N) is 2. The monoisotopic (exact) mass is 366 g/mol. The maximum atomic E-state index is 12.3. The molecular weight excluding hydrogens is 344 g/mol. The summed E-state index contributed by atoms with van der Waals surface area (Å²) >= 11 is 0. The highest BCUT2D eigenvalue weighted by Gasteiger charge is 2.16. The molecule has 0 aliphatic carbocycles. The third-order valence-corrected chi connectivity index (χ3v) is 4.17. The molecule has 0 aliphatic heterocycles. The number of carbonyl (C=O) groups is 2. The van der Waals surface area contributed by atoms with Gasteiger partial charge in [-0.05, 0) is 51.8 Å². The van der Waals surface area contributed by atoms with Crippen LogP contribution in [0.4, 0.5) is 5.69 Å². The molecule has 0 radical (unpaired) electrons. The fraction of sp³-hybridized carbons (Fsp3) is 0.316. The van der Waals surface area contributed by atoms with E-state index in [2.05, 4.69) is 25.7 Å². The summed E-state index contributed by atoms with van der Waals surface area (Å²) < 4.78 is 1.50. The van der Waals surface area contributed by atoms with E-state index in [4.69, 9.17) is 0 Å². The minimum Gasteiger partial charge on any atom is -0.340 e. The Hall–Kier alpha value is -3.29. The van der Waals surface area contributed by atoms with Gasteiger partial charge in [-0.1, -0.05) is 17.7 Å². The van der Waals surface area contributed by atoms with Gasteiger partial charge in [-0.2, -0.15) is 4.98 Å². The van der Waals surface area contributed by atoms with Crippen molar-refractivity contribution in [3.63, 3.8) is 0 Å². The van der Waals surface area contributed by atoms with Crippen LogP contribution in [0.25, 0.3) is 5.78 Å².